The third kappa shape index (κ3) is 4.44. The lowest BCUT2D eigenvalue weighted by atomic mass is 10.0. The summed E-state index contributed by atoms with van der Waals surface area (Å²) in [5.74, 6) is 1.38. The van der Waals surface area contributed by atoms with Crippen LogP contribution in [0.25, 0.3) is 0 Å². The molecular weight excluding hydrogens is 218 g/mol. The van der Waals surface area contributed by atoms with Crippen molar-refractivity contribution in [3.63, 3.8) is 0 Å². The second kappa shape index (κ2) is 6.71. The van der Waals surface area contributed by atoms with Gasteiger partial charge in [-0.25, -0.2) is 0 Å². The van der Waals surface area contributed by atoms with E-state index in [1.807, 2.05) is 0 Å². The van der Waals surface area contributed by atoms with Crippen LogP contribution >= 0.6 is 0 Å². The van der Waals surface area contributed by atoms with Gasteiger partial charge < -0.3 is 14.9 Å². The first-order valence-electron chi connectivity index (χ1n) is 6.49. The van der Waals surface area contributed by atoms with Gasteiger partial charge in [-0.15, -0.1) is 0 Å². The van der Waals surface area contributed by atoms with Gasteiger partial charge in [0.2, 0.25) is 5.89 Å². The van der Waals surface area contributed by atoms with Gasteiger partial charge in [0, 0.05) is 19.5 Å². The van der Waals surface area contributed by atoms with E-state index in [0.29, 0.717) is 12.4 Å². The zero-order valence-corrected chi connectivity index (χ0v) is 10.1. The van der Waals surface area contributed by atoms with Gasteiger partial charge >= 0.3 is 0 Å². The third-order valence-corrected chi connectivity index (χ3v) is 3.38. The molecule has 1 aliphatic rings. The molecule has 0 radical (unpaired) electrons. The fourth-order valence-corrected chi connectivity index (χ4v) is 2.48. The average Bonchev–Trinajstić information content (AvgIpc) is 2.96. The molecule has 1 aromatic heterocycles. The molecule has 0 spiro atoms. The molecule has 1 aromatic rings. The topological polar surface area (TPSA) is 71.2 Å². The highest BCUT2D eigenvalue weighted by Crippen LogP contribution is 2.28. The summed E-state index contributed by atoms with van der Waals surface area (Å²) in [5, 5.41) is 16.6. The molecule has 1 heterocycles. The van der Waals surface area contributed by atoms with E-state index in [2.05, 4.69) is 15.5 Å². The van der Waals surface area contributed by atoms with Crippen LogP contribution in [-0.4, -0.2) is 34.4 Å². The minimum absolute atomic E-state index is 0.221. The van der Waals surface area contributed by atoms with Gasteiger partial charge in [0.15, 0.2) is 6.33 Å². The number of aliphatic hydroxyl groups excluding tert-OH is 1. The lowest BCUT2D eigenvalue weighted by Gasteiger charge is -2.15. The summed E-state index contributed by atoms with van der Waals surface area (Å²) in [6.07, 6.45) is 8.09. The van der Waals surface area contributed by atoms with Crippen molar-refractivity contribution >= 4 is 0 Å². The van der Waals surface area contributed by atoms with Gasteiger partial charge in [-0.1, -0.05) is 30.8 Å². The van der Waals surface area contributed by atoms with Crippen LogP contribution in [0, 0.1) is 5.92 Å². The second-order valence-electron chi connectivity index (χ2n) is 4.83. The van der Waals surface area contributed by atoms with Crippen molar-refractivity contribution in [2.24, 2.45) is 5.92 Å². The zero-order valence-electron chi connectivity index (χ0n) is 10.1. The van der Waals surface area contributed by atoms with Gasteiger partial charge in [0.1, 0.15) is 0 Å². The van der Waals surface area contributed by atoms with Crippen molar-refractivity contribution in [2.75, 3.05) is 13.1 Å². The zero-order chi connectivity index (χ0) is 11.9. The fraction of sp³-hybridized carbons (Fsp3) is 0.833. The molecule has 0 bridgehead atoms. The highest BCUT2D eigenvalue weighted by Gasteiger charge is 2.18. The molecule has 0 aromatic carbocycles. The van der Waals surface area contributed by atoms with Crippen molar-refractivity contribution in [2.45, 2.75) is 44.6 Å². The Bertz CT molecular complexity index is 297. The number of nitrogens with zero attached hydrogens (tertiary/aromatic N) is 2. The quantitative estimate of drug-likeness (QED) is 0.698. The predicted molar refractivity (Wildman–Crippen MR) is 63.5 cm³/mol. The van der Waals surface area contributed by atoms with E-state index in [0.717, 1.165) is 25.3 Å². The summed E-state index contributed by atoms with van der Waals surface area (Å²) < 4.78 is 4.88. The molecule has 1 unspecified atom stereocenters. The van der Waals surface area contributed by atoms with Crippen LogP contribution in [0.5, 0.6) is 0 Å². The van der Waals surface area contributed by atoms with E-state index in [1.165, 1.54) is 32.0 Å². The summed E-state index contributed by atoms with van der Waals surface area (Å²) in [4.78, 5) is 3.94. The molecule has 0 amide bonds. The number of aliphatic hydroxyl groups is 1. The predicted octanol–water partition coefficient (Wildman–Crippen LogP) is 1.14. The normalized spacial score (nSPS) is 18.6. The summed E-state index contributed by atoms with van der Waals surface area (Å²) in [6, 6.07) is 0. The molecule has 0 saturated heterocycles. The lowest BCUT2D eigenvalue weighted by Crippen LogP contribution is -2.29. The van der Waals surface area contributed by atoms with Crippen LogP contribution in [-0.2, 0) is 6.42 Å². The molecule has 96 valence electrons. The molecule has 1 aliphatic carbocycles. The number of hydrogen-bond donors (Lipinski definition) is 2. The Morgan fingerprint density at radius 1 is 1.47 bits per heavy atom. The fourth-order valence-electron chi connectivity index (χ4n) is 2.48. The highest BCUT2D eigenvalue weighted by atomic mass is 16.5. The molecule has 5 nitrogen and oxygen atoms in total. The summed E-state index contributed by atoms with van der Waals surface area (Å²) in [5.41, 5.74) is 0. The first-order chi connectivity index (χ1) is 8.34. The molecule has 17 heavy (non-hydrogen) atoms. The Morgan fingerprint density at radius 2 is 2.29 bits per heavy atom. The number of aromatic nitrogens is 2. The SMILES string of the molecule is OC(CNCCc1ncno1)CC1CCCC1. The van der Waals surface area contributed by atoms with Gasteiger partial charge in [-0.05, 0) is 12.3 Å². The van der Waals surface area contributed by atoms with Crippen LogP contribution in [0.4, 0.5) is 0 Å². The van der Waals surface area contributed by atoms with Gasteiger partial charge in [0.25, 0.3) is 0 Å². The monoisotopic (exact) mass is 239 g/mol. The van der Waals surface area contributed by atoms with Crippen LogP contribution in [0.3, 0.4) is 0 Å². The average molecular weight is 239 g/mol. The van der Waals surface area contributed by atoms with Crippen LogP contribution in [0.2, 0.25) is 0 Å². The molecule has 1 fully saturated rings. The van der Waals surface area contributed by atoms with Gasteiger partial charge in [-0.3, -0.25) is 0 Å². The molecule has 5 heteroatoms. The third-order valence-electron chi connectivity index (χ3n) is 3.38. The summed E-state index contributed by atoms with van der Waals surface area (Å²) in [6.45, 7) is 1.43. The van der Waals surface area contributed by atoms with Crippen molar-refractivity contribution in [3.05, 3.63) is 12.2 Å². The van der Waals surface area contributed by atoms with Crippen molar-refractivity contribution in [3.8, 4) is 0 Å². The molecule has 0 aliphatic heterocycles. The Morgan fingerprint density at radius 3 is 3.00 bits per heavy atom. The maximum absolute atomic E-state index is 9.85. The summed E-state index contributed by atoms with van der Waals surface area (Å²) >= 11 is 0. The van der Waals surface area contributed by atoms with Gasteiger partial charge in [-0.2, -0.15) is 4.98 Å². The first kappa shape index (κ1) is 12.5. The molecule has 1 atom stereocenters. The van der Waals surface area contributed by atoms with E-state index in [-0.39, 0.29) is 6.10 Å². The van der Waals surface area contributed by atoms with E-state index >= 15 is 0 Å². The Hall–Kier alpha value is -0.940. The van der Waals surface area contributed by atoms with E-state index in [1.54, 1.807) is 0 Å². The van der Waals surface area contributed by atoms with Crippen LogP contribution in [0.15, 0.2) is 10.9 Å². The standard InChI is InChI=1S/C12H21N3O2/c16-11(7-10-3-1-2-4-10)8-13-6-5-12-14-9-15-17-12/h9-11,13,16H,1-8H2. The molecule has 2 rings (SSSR count). The number of nitrogens with one attached hydrogen (secondary N) is 1. The minimum atomic E-state index is -0.221. The van der Waals surface area contributed by atoms with E-state index in [4.69, 9.17) is 4.52 Å². The molecular formula is C12H21N3O2. The maximum Gasteiger partial charge on any atom is 0.227 e. The van der Waals surface area contributed by atoms with Crippen LogP contribution in [0.1, 0.15) is 38.0 Å². The largest absolute Gasteiger partial charge is 0.392 e. The number of rotatable bonds is 7. The van der Waals surface area contributed by atoms with E-state index in [9.17, 15) is 5.11 Å². The minimum Gasteiger partial charge on any atom is -0.392 e. The molecule has 1 saturated carbocycles. The van der Waals surface area contributed by atoms with Crippen molar-refractivity contribution < 1.29 is 9.63 Å². The maximum atomic E-state index is 9.85. The Balaban J connectivity index is 1.52. The first-order valence-corrected chi connectivity index (χ1v) is 6.49. The smallest absolute Gasteiger partial charge is 0.227 e. The Labute approximate surface area is 102 Å². The van der Waals surface area contributed by atoms with Crippen LogP contribution < -0.4 is 5.32 Å². The lowest BCUT2D eigenvalue weighted by molar-refractivity contribution is 0.141. The summed E-state index contributed by atoms with van der Waals surface area (Å²) in [7, 11) is 0. The van der Waals surface area contributed by atoms with Crippen molar-refractivity contribution in [1.82, 2.24) is 15.5 Å². The molecule has 2 N–H and O–H groups in total. The van der Waals surface area contributed by atoms with E-state index < -0.39 is 0 Å². The second-order valence-corrected chi connectivity index (χ2v) is 4.83. The number of hydrogen-bond acceptors (Lipinski definition) is 5. The Kier molecular flexibility index (Phi) is 4.94. The van der Waals surface area contributed by atoms with Gasteiger partial charge in [0.05, 0.1) is 6.10 Å². The highest BCUT2D eigenvalue weighted by molar-refractivity contribution is 4.76. The van der Waals surface area contributed by atoms with Crippen molar-refractivity contribution in [1.29, 1.82) is 0 Å².